The Hall–Kier alpha value is -0.550. The van der Waals surface area contributed by atoms with Gasteiger partial charge in [0.05, 0.1) is 11.4 Å². The SMILES string of the molecule is BrC(c1cccc(I)c1)c1ccc2c(c1)CCO2. The van der Waals surface area contributed by atoms with E-state index >= 15 is 0 Å². The summed E-state index contributed by atoms with van der Waals surface area (Å²) in [5, 5.41) is 0. The molecule has 0 aliphatic carbocycles. The van der Waals surface area contributed by atoms with E-state index in [1.165, 1.54) is 20.3 Å². The Balaban J connectivity index is 1.95. The molecule has 2 aromatic rings. The van der Waals surface area contributed by atoms with Gasteiger partial charge in [0.15, 0.2) is 0 Å². The number of rotatable bonds is 2. The van der Waals surface area contributed by atoms with E-state index in [2.05, 4.69) is 81.0 Å². The van der Waals surface area contributed by atoms with Crippen LogP contribution in [-0.2, 0) is 6.42 Å². The van der Waals surface area contributed by atoms with E-state index in [1.807, 2.05) is 0 Å². The molecule has 0 bridgehead atoms. The van der Waals surface area contributed by atoms with Crippen molar-refractivity contribution in [1.29, 1.82) is 0 Å². The van der Waals surface area contributed by atoms with Crippen LogP contribution in [0.4, 0.5) is 0 Å². The maximum atomic E-state index is 5.54. The van der Waals surface area contributed by atoms with E-state index < -0.39 is 0 Å². The molecule has 1 aliphatic rings. The summed E-state index contributed by atoms with van der Waals surface area (Å²) in [6.45, 7) is 0.814. The molecule has 0 aromatic heterocycles. The normalized spacial score (nSPS) is 15.0. The molecule has 0 saturated carbocycles. The summed E-state index contributed by atoms with van der Waals surface area (Å²) in [7, 11) is 0. The number of alkyl halides is 1. The average Bonchev–Trinajstić information content (AvgIpc) is 2.85. The monoisotopic (exact) mass is 414 g/mol. The van der Waals surface area contributed by atoms with Gasteiger partial charge in [-0.25, -0.2) is 0 Å². The second-order valence-electron chi connectivity index (χ2n) is 4.38. The molecule has 0 radical (unpaired) electrons. The van der Waals surface area contributed by atoms with Crippen molar-refractivity contribution in [3.05, 3.63) is 62.7 Å². The minimum atomic E-state index is 0.248. The molecule has 1 atom stereocenters. The van der Waals surface area contributed by atoms with E-state index in [9.17, 15) is 0 Å². The predicted molar refractivity (Wildman–Crippen MR) is 85.6 cm³/mol. The molecular formula is C15H12BrIO. The molecular weight excluding hydrogens is 403 g/mol. The van der Waals surface area contributed by atoms with Gasteiger partial charge in [-0.2, -0.15) is 0 Å². The average molecular weight is 415 g/mol. The third-order valence-electron chi connectivity index (χ3n) is 3.15. The Morgan fingerprint density at radius 1 is 1.11 bits per heavy atom. The summed E-state index contributed by atoms with van der Waals surface area (Å²) in [6.07, 6.45) is 1.02. The van der Waals surface area contributed by atoms with E-state index in [0.717, 1.165) is 18.8 Å². The smallest absolute Gasteiger partial charge is 0.122 e. The maximum Gasteiger partial charge on any atom is 0.122 e. The van der Waals surface area contributed by atoms with Crippen LogP contribution in [0.5, 0.6) is 5.75 Å². The number of halogens is 2. The molecule has 0 amide bonds. The lowest BCUT2D eigenvalue weighted by molar-refractivity contribution is 0.357. The minimum Gasteiger partial charge on any atom is -0.493 e. The molecule has 2 aromatic carbocycles. The molecule has 3 rings (SSSR count). The van der Waals surface area contributed by atoms with Gasteiger partial charge in [0, 0.05) is 9.99 Å². The van der Waals surface area contributed by atoms with Crippen molar-refractivity contribution >= 4 is 38.5 Å². The van der Waals surface area contributed by atoms with Crippen LogP contribution in [-0.4, -0.2) is 6.61 Å². The highest BCUT2D eigenvalue weighted by Gasteiger charge is 2.16. The largest absolute Gasteiger partial charge is 0.493 e. The Morgan fingerprint density at radius 3 is 2.78 bits per heavy atom. The van der Waals surface area contributed by atoms with Gasteiger partial charge < -0.3 is 4.74 Å². The van der Waals surface area contributed by atoms with Crippen molar-refractivity contribution < 1.29 is 4.74 Å². The van der Waals surface area contributed by atoms with Crippen LogP contribution in [0, 0.1) is 3.57 Å². The van der Waals surface area contributed by atoms with Gasteiger partial charge in [-0.1, -0.05) is 40.2 Å². The number of fused-ring (bicyclic) bond motifs is 1. The zero-order valence-corrected chi connectivity index (χ0v) is 13.4. The fourth-order valence-corrected chi connectivity index (χ4v) is 3.36. The first-order chi connectivity index (χ1) is 8.74. The standard InChI is InChI=1S/C15H12BrIO/c16-15(11-2-1-3-13(17)9-11)12-4-5-14-10(8-12)6-7-18-14/h1-5,8-9,15H,6-7H2. The van der Waals surface area contributed by atoms with Crippen molar-refractivity contribution in [2.75, 3.05) is 6.61 Å². The molecule has 92 valence electrons. The molecule has 0 saturated heterocycles. The predicted octanol–water partition coefficient (Wildman–Crippen LogP) is 4.71. The van der Waals surface area contributed by atoms with Crippen LogP contribution in [0.1, 0.15) is 21.5 Å². The summed E-state index contributed by atoms with van der Waals surface area (Å²) < 4.78 is 6.80. The summed E-state index contributed by atoms with van der Waals surface area (Å²) in [5.74, 6) is 1.04. The topological polar surface area (TPSA) is 9.23 Å². The fraction of sp³-hybridized carbons (Fsp3) is 0.200. The summed E-state index contributed by atoms with van der Waals surface area (Å²) in [5.41, 5.74) is 3.91. The molecule has 1 heterocycles. The zero-order chi connectivity index (χ0) is 12.5. The van der Waals surface area contributed by atoms with E-state index in [0.29, 0.717) is 0 Å². The van der Waals surface area contributed by atoms with Crippen LogP contribution >= 0.6 is 38.5 Å². The molecule has 1 aliphatic heterocycles. The van der Waals surface area contributed by atoms with Gasteiger partial charge in [0.25, 0.3) is 0 Å². The van der Waals surface area contributed by atoms with E-state index in [-0.39, 0.29) is 4.83 Å². The minimum absolute atomic E-state index is 0.248. The van der Waals surface area contributed by atoms with Gasteiger partial charge >= 0.3 is 0 Å². The Kier molecular flexibility index (Phi) is 3.61. The third kappa shape index (κ3) is 2.43. The summed E-state index contributed by atoms with van der Waals surface area (Å²) in [4.78, 5) is 0.248. The van der Waals surface area contributed by atoms with E-state index in [1.54, 1.807) is 0 Å². The molecule has 3 heteroatoms. The highest BCUT2D eigenvalue weighted by Crippen LogP contribution is 2.35. The quantitative estimate of drug-likeness (QED) is 0.510. The molecule has 1 nitrogen and oxygen atoms in total. The lowest BCUT2D eigenvalue weighted by Gasteiger charge is -2.12. The van der Waals surface area contributed by atoms with Crippen LogP contribution in [0.25, 0.3) is 0 Å². The molecule has 0 spiro atoms. The van der Waals surface area contributed by atoms with Crippen LogP contribution in [0.3, 0.4) is 0 Å². The van der Waals surface area contributed by atoms with Gasteiger partial charge in [-0.05, 0) is 57.5 Å². The van der Waals surface area contributed by atoms with Gasteiger partial charge in [-0.15, -0.1) is 0 Å². The number of hydrogen-bond donors (Lipinski definition) is 0. The van der Waals surface area contributed by atoms with Crippen molar-refractivity contribution in [3.8, 4) is 5.75 Å². The molecule has 0 N–H and O–H groups in total. The van der Waals surface area contributed by atoms with Crippen LogP contribution < -0.4 is 4.74 Å². The third-order valence-corrected chi connectivity index (χ3v) is 4.88. The molecule has 18 heavy (non-hydrogen) atoms. The van der Waals surface area contributed by atoms with Crippen molar-refractivity contribution in [1.82, 2.24) is 0 Å². The zero-order valence-electron chi connectivity index (χ0n) is 9.70. The van der Waals surface area contributed by atoms with E-state index in [4.69, 9.17) is 4.74 Å². The lowest BCUT2D eigenvalue weighted by atomic mass is 10.0. The second-order valence-corrected chi connectivity index (χ2v) is 6.54. The summed E-state index contributed by atoms with van der Waals surface area (Å²) >= 11 is 6.14. The highest BCUT2D eigenvalue weighted by atomic mass is 127. The Labute approximate surface area is 129 Å². The maximum absolute atomic E-state index is 5.54. The lowest BCUT2D eigenvalue weighted by Crippen LogP contribution is -1.94. The summed E-state index contributed by atoms with van der Waals surface area (Å²) in [6, 6.07) is 15.1. The van der Waals surface area contributed by atoms with Crippen molar-refractivity contribution in [2.45, 2.75) is 11.2 Å². The first-order valence-electron chi connectivity index (χ1n) is 5.89. The number of ether oxygens (including phenoxy) is 1. The highest BCUT2D eigenvalue weighted by molar-refractivity contribution is 14.1. The van der Waals surface area contributed by atoms with Gasteiger partial charge in [0.1, 0.15) is 5.75 Å². The first kappa shape index (κ1) is 12.5. The van der Waals surface area contributed by atoms with Crippen molar-refractivity contribution in [2.24, 2.45) is 0 Å². The van der Waals surface area contributed by atoms with Crippen molar-refractivity contribution in [3.63, 3.8) is 0 Å². The Morgan fingerprint density at radius 2 is 1.94 bits per heavy atom. The van der Waals surface area contributed by atoms with Crippen LogP contribution in [0.2, 0.25) is 0 Å². The van der Waals surface area contributed by atoms with Crippen LogP contribution in [0.15, 0.2) is 42.5 Å². The number of benzene rings is 2. The second kappa shape index (κ2) is 5.21. The van der Waals surface area contributed by atoms with Gasteiger partial charge in [-0.3, -0.25) is 0 Å². The first-order valence-corrected chi connectivity index (χ1v) is 7.88. The van der Waals surface area contributed by atoms with Gasteiger partial charge in [0.2, 0.25) is 0 Å². The molecule has 1 unspecified atom stereocenters. The Bertz CT molecular complexity index is 582. The molecule has 0 fully saturated rings. The number of hydrogen-bond acceptors (Lipinski definition) is 1. The fourth-order valence-electron chi connectivity index (χ4n) is 2.22.